The highest BCUT2D eigenvalue weighted by Crippen LogP contribution is 2.25. The van der Waals surface area contributed by atoms with Gasteiger partial charge in [-0.3, -0.25) is 4.79 Å². The van der Waals surface area contributed by atoms with Crippen LogP contribution >= 0.6 is 11.6 Å². The fourth-order valence-electron chi connectivity index (χ4n) is 2.95. The largest absolute Gasteiger partial charge is 0.491 e. The van der Waals surface area contributed by atoms with Crippen molar-refractivity contribution in [2.75, 3.05) is 13.2 Å². The second kappa shape index (κ2) is 9.47. The summed E-state index contributed by atoms with van der Waals surface area (Å²) in [7, 11) is 0. The van der Waals surface area contributed by atoms with Gasteiger partial charge in [0, 0.05) is 10.4 Å². The molecule has 146 valence electrons. The normalized spacial score (nSPS) is 11.8. The van der Waals surface area contributed by atoms with E-state index in [1.807, 2.05) is 62.4 Å². The Morgan fingerprint density at radius 2 is 1.89 bits per heavy atom. The van der Waals surface area contributed by atoms with Crippen molar-refractivity contribution >= 4 is 28.3 Å². The van der Waals surface area contributed by atoms with Gasteiger partial charge in [0.25, 0.3) is 5.91 Å². The SMILES string of the molecule is CCC(Oc1ccc(Cl)c(C)c1)C(=O)NCCOc1cccc2ccccc12. The Morgan fingerprint density at radius 3 is 2.68 bits per heavy atom. The Balaban J connectivity index is 1.51. The first-order valence-corrected chi connectivity index (χ1v) is 9.77. The first-order chi connectivity index (χ1) is 13.6. The van der Waals surface area contributed by atoms with Crippen molar-refractivity contribution < 1.29 is 14.3 Å². The molecular formula is C23H24ClNO3. The molecule has 0 radical (unpaired) electrons. The molecule has 0 bridgehead atoms. The minimum atomic E-state index is -0.557. The van der Waals surface area contributed by atoms with Gasteiger partial charge in [-0.2, -0.15) is 0 Å². The van der Waals surface area contributed by atoms with Crippen LogP contribution in [0.2, 0.25) is 5.02 Å². The van der Waals surface area contributed by atoms with Gasteiger partial charge in [0.2, 0.25) is 0 Å². The van der Waals surface area contributed by atoms with Gasteiger partial charge in [0.15, 0.2) is 6.10 Å². The van der Waals surface area contributed by atoms with Crippen molar-refractivity contribution in [3.63, 3.8) is 0 Å². The van der Waals surface area contributed by atoms with Crippen LogP contribution in [0.5, 0.6) is 11.5 Å². The summed E-state index contributed by atoms with van der Waals surface area (Å²) < 4.78 is 11.7. The van der Waals surface area contributed by atoms with Crippen LogP contribution in [0.3, 0.4) is 0 Å². The highest BCUT2D eigenvalue weighted by atomic mass is 35.5. The van der Waals surface area contributed by atoms with E-state index < -0.39 is 6.10 Å². The number of rotatable bonds is 8. The molecule has 0 aromatic heterocycles. The van der Waals surface area contributed by atoms with E-state index in [4.69, 9.17) is 21.1 Å². The second-order valence-corrected chi connectivity index (χ2v) is 6.95. The average Bonchev–Trinajstić information content (AvgIpc) is 2.71. The number of benzene rings is 3. The van der Waals surface area contributed by atoms with Crippen LogP contribution in [0.4, 0.5) is 0 Å². The van der Waals surface area contributed by atoms with E-state index in [0.717, 1.165) is 22.1 Å². The summed E-state index contributed by atoms with van der Waals surface area (Å²) in [6.07, 6.45) is 0.00986. The molecule has 5 heteroatoms. The van der Waals surface area contributed by atoms with Crippen LogP contribution < -0.4 is 14.8 Å². The van der Waals surface area contributed by atoms with E-state index in [1.54, 1.807) is 12.1 Å². The molecule has 3 aromatic carbocycles. The standard InChI is InChI=1S/C23H24ClNO3/c1-3-21(28-18-11-12-20(24)16(2)15-18)23(26)25-13-14-27-22-10-6-8-17-7-4-5-9-19(17)22/h4-12,15,21H,3,13-14H2,1-2H3,(H,25,26). The Labute approximate surface area is 170 Å². The molecule has 0 saturated carbocycles. The third-order valence-electron chi connectivity index (χ3n) is 4.48. The molecule has 0 aliphatic carbocycles. The molecule has 0 aliphatic heterocycles. The van der Waals surface area contributed by atoms with Crippen molar-refractivity contribution in [3.8, 4) is 11.5 Å². The minimum absolute atomic E-state index is 0.156. The zero-order chi connectivity index (χ0) is 19.9. The van der Waals surface area contributed by atoms with E-state index in [0.29, 0.717) is 30.3 Å². The maximum absolute atomic E-state index is 12.4. The maximum atomic E-state index is 12.4. The number of carbonyl (C=O) groups excluding carboxylic acids is 1. The van der Waals surface area contributed by atoms with Gasteiger partial charge >= 0.3 is 0 Å². The Bertz CT molecular complexity index is 952. The third-order valence-corrected chi connectivity index (χ3v) is 4.90. The van der Waals surface area contributed by atoms with E-state index in [1.165, 1.54) is 0 Å². The molecule has 28 heavy (non-hydrogen) atoms. The average molecular weight is 398 g/mol. The van der Waals surface area contributed by atoms with E-state index in [9.17, 15) is 4.79 Å². The third kappa shape index (κ3) is 4.96. The molecule has 1 unspecified atom stereocenters. The molecule has 4 nitrogen and oxygen atoms in total. The zero-order valence-electron chi connectivity index (χ0n) is 16.1. The quantitative estimate of drug-likeness (QED) is 0.534. The summed E-state index contributed by atoms with van der Waals surface area (Å²) >= 11 is 6.04. The topological polar surface area (TPSA) is 47.6 Å². The number of fused-ring (bicyclic) bond motifs is 1. The molecule has 3 aromatic rings. The zero-order valence-corrected chi connectivity index (χ0v) is 16.8. The number of aryl methyl sites for hydroxylation is 1. The lowest BCUT2D eigenvalue weighted by molar-refractivity contribution is -0.128. The van der Waals surface area contributed by atoms with Crippen LogP contribution in [0.25, 0.3) is 10.8 Å². The number of hydrogen-bond acceptors (Lipinski definition) is 3. The highest BCUT2D eigenvalue weighted by Gasteiger charge is 2.18. The van der Waals surface area contributed by atoms with Crippen LogP contribution in [-0.2, 0) is 4.79 Å². The smallest absolute Gasteiger partial charge is 0.261 e. The molecule has 3 rings (SSSR count). The van der Waals surface area contributed by atoms with E-state index >= 15 is 0 Å². The lowest BCUT2D eigenvalue weighted by Gasteiger charge is -2.18. The number of hydrogen-bond donors (Lipinski definition) is 1. The second-order valence-electron chi connectivity index (χ2n) is 6.54. The van der Waals surface area contributed by atoms with Crippen LogP contribution in [0.1, 0.15) is 18.9 Å². The summed E-state index contributed by atoms with van der Waals surface area (Å²) in [6, 6.07) is 19.4. The van der Waals surface area contributed by atoms with Gasteiger partial charge in [-0.15, -0.1) is 0 Å². The fourth-order valence-corrected chi connectivity index (χ4v) is 3.07. The lowest BCUT2D eigenvalue weighted by Crippen LogP contribution is -2.39. The molecule has 0 spiro atoms. The van der Waals surface area contributed by atoms with Crippen LogP contribution in [-0.4, -0.2) is 25.2 Å². The molecule has 0 fully saturated rings. The van der Waals surface area contributed by atoms with Crippen molar-refractivity contribution in [1.29, 1.82) is 0 Å². The van der Waals surface area contributed by atoms with Gasteiger partial charge in [0.1, 0.15) is 18.1 Å². The molecule has 0 aliphatic rings. The monoisotopic (exact) mass is 397 g/mol. The number of ether oxygens (including phenoxy) is 2. The first kappa shape index (κ1) is 20.0. The number of nitrogens with one attached hydrogen (secondary N) is 1. The predicted molar refractivity (Wildman–Crippen MR) is 113 cm³/mol. The van der Waals surface area contributed by atoms with E-state index in [2.05, 4.69) is 5.32 Å². The fraction of sp³-hybridized carbons (Fsp3) is 0.261. The Hall–Kier alpha value is -2.72. The number of carbonyl (C=O) groups is 1. The van der Waals surface area contributed by atoms with Crippen molar-refractivity contribution in [2.45, 2.75) is 26.4 Å². The summed E-state index contributed by atoms with van der Waals surface area (Å²) in [5.74, 6) is 1.29. The predicted octanol–water partition coefficient (Wildman–Crippen LogP) is 5.15. The van der Waals surface area contributed by atoms with Crippen LogP contribution in [0, 0.1) is 6.92 Å². The molecule has 1 atom stereocenters. The molecule has 1 amide bonds. The Morgan fingerprint density at radius 1 is 1.11 bits per heavy atom. The summed E-state index contributed by atoms with van der Waals surface area (Å²) in [4.78, 5) is 12.4. The van der Waals surface area contributed by atoms with Crippen LogP contribution in [0.15, 0.2) is 60.7 Å². The maximum Gasteiger partial charge on any atom is 0.261 e. The number of amides is 1. The number of halogens is 1. The summed E-state index contributed by atoms with van der Waals surface area (Å²) in [6.45, 7) is 4.61. The van der Waals surface area contributed by atoms with Crippen molar-refractivity contribution in [3.05, 3.63) is 71.2 Å². The van der Waals surface area contributed by atoms with Gasteiger partial charge in [-0.1, -0.05) is 54.9 Å². The lowest BCUT2D eigenvalue weighted by atomic mass is 10.1. The molecule has 1 N–H and O–H groups in total. The van der Waals surface area contributed by atoms with Gasteiger partial charge in [-0.05, 0) is 48.6 Å². The minimum Gasteiger partial charge on any atom is -0.491 e. The summed E-state index contributed by atoms with van der Waals surface area (Å²) in [5, 5.41) is 5.75. The van der Waals surface area contributed by atoms with Gasteiger partial charge in [0.05, 0.1) is 6.54 Å². The first-order valence-electron chi connectivity index (χ1n) is 9.39. The van der Waals surface area contributed by atoms with Crippen molar-refractivity contribution in [2.24, 2.45) is 0 Å². The summed E-state index contributed by atoms with van der Waals surface area (Å²) in [5.41, 5.74) is 0.915. The molecular weight excluding hydrogens is 374 g/mol. The molecule has 0 heterocycles. The highest BCUT2D eigenvalue weighted by molar-refractivity contribution is 6.31. The van der Waals surface area contributed by atoms with Gasteiger partial charge in [-0.25, -0.2) is 0 Å². The van der Waals surface area contributed by atoms with Crippen molar-refractivity contribution in [1.82, 2.24) is 5.32 Å². The molecule has 0 saturated heterocycles. The van der Waals surface area contributed by atoms with E-state index in [-0.39, 0.29) is 5.91 Å². The van der Waals surface area contributed by atoms with Gasteiger partial charge < -0.3 is 14.8 Å². The Kier molecular flexibility index (Phi) is 6.77.